The van der Waals surface area contributed by atoms with Crippen LogP contribution in [0.15, 0.2) is 23.2 Å². The van der Waals surface area contributed by atoms with Crippen molar-refractivity contribution >= 4 is 17.6 Å². The number of benzene rings is 1. The van der Waals surface area contributed by atoms with Crippen molar-refractivity contribution in [2.45, 2.75) is 19.6 Å². The third-order valence-corrected chi connectivity index (χ3v) is 5.33. The van der Waals surface area contributed by atoms with E-state index in [1.807, 2.05) is 0 Å². The van der Waals surface area contributed by atoms with Crippen molar-refractivity contribution in [3.8, 4) is 5.75 Å². The summed E-state index contributed by atoms with van der Waals surface area (Å²) in [7, 11) is 1.73. The molecule has 2 fully saturated rings. The molecule has 156 valence electrons. The second-order valence-electron chi connectivity index (χ2n) is 7.05. The van der Waals surface area contributed by atoms with Crippen LogP contribution in [0.3, 0.4) is 0 Å². The van der Waals surface area contributed by atoms with Crippen LogP contribution in [0.4, 0.5) is 8.78 Å². The van der Waals surface area contributed by atoms with Crippen LogP contribution in [0.1, 0.15) is 12.0 Å². The number of ether oxygens (including phenoxy) is 2. The van der Waals surface area contributed by atoms with Gasteiger partial charge in [0.05, 0.1) is 13.2 Å². The van der Waals surface area contributed by atoms with Gasteiger partial charge in [0, 0.05) is 56.9 Å². The fraction of sp³-hybridized carbons (Fsp3) is 0.632. The molecule has 9 heteroatoms. The molecule has 1 N–H and O–H groups in total. The average molecular weight is 417 g/mol. The predicted octanol–water partition coefficient (Wildman–Crippen LogP) is 2.67. The average Bonchev–Trinajstić information content (AvgIpc) is 3.13. The second-order valence-corrected chi connectivity index (χ2v) is 7.48. The Balaban J connectivity index is 1.54. The molecule has 0 amide bonds. The van der Waals surface area contributed by atoms with Crippen molar-refractivity contribution in [1.82, 2.24) is 15.1 Å². The standard InChI is InChI=1S/C19H27ClF2N4O2/c1-23-19(24-11-15-10-16(20)2-3-17(15)28-18(21)22)26-5-4-14(13-26)12-25-6-8-27-9-7-25/h2-3,10,14,18H,4-9,11-13H2,1H3,(H,23,24). The lowest BCUT2D eigenvalue weighted by molar-refractivity contribution is -0.0504. The lowest BCUT2D eigenvalue weighted by Gasteiger charge is -2.29. The molecule has 1 aromatic rings. The zero-order valence-electron chi connectivity index (χ0n) is 16.0. The molecule has 0 saturated carbocycles. The van der Waals surface area contributed by atoms with E-state index in [1.165, 1.54) is 12.1 Å². The number of rotatable bonds is 6. The van der Waals surface area contributed by atoms with Gasteiger partial charge in [0.1, 0.15) is 5.75 Å². The van der Waals surface area contributed by atoms with Gasteiger partial charge in [-0.3, -0.25) is 9.89 Å². The predicted molar refractivity (Wildman–Crippen MR) is 105 cm³/mol. The molecular weight excluding hydrogens is 390 g/mol. The van der Waals surface area contributed by atoms with E-state index in [2.05, 4.69) is 24.8 Å². The van der Waals surface area contributed by atoms with E-state index < -0.39 is 6.61 Å². The normalized spacial score (nSPS) is 21.4. The zero-order chi connectivity index (χ0) is 19.9. The summed E-state index contributed by atoms with van der Waals surface area (Å²) in [5.74, 6) is 1.46. The Morgan fingerprint density at radius 1 is 1.36 bits per heavy atom. The molecule has 2 aliphatic rings. The third kappa shape index (κ3) is 5.93. The van der Waals surface area contributed by atoms with Crippen molar-refractivity contribution in [2.75, 3.05) is 53.0 Å². The minimum absolute atomic E-state index is 0.119. The van der Waals surface area contributed by atoms with Gasteiger partial charge in [-0.05, 0) is 30.5 Å². The quantitative estimate of drug-likeness (QED) is 0.570. The summed E-state index contributed by atoms with van der Waals surface area (Å²) < 4.78 is 35.3. The third-order valence-electron chi connectivity index (χ3n) is 5.09. The molecule has 2 aliphatic heterocycles. The Bertz CT molecular complexity index is 671. The minimum Gasteiger partial charge on any atom is -0.434 e. The SMILES string of the molecule is CN=C(NCc1cc(Cl)ccc1OC(F)F)N1CCC(CN2CCOCC2)C1. The number of guanidine groups is 1. The molecule has 3 rings (SSSR count). The molecule has 2 heterocycles. The van der Waals surface area contributed by atoms with Crippen molar-refractivity contribution in [1.29, 1.82) is 0 Å². The van der Waals surface area contributed by atoms with Gasteiger partial charge in [-0.1, -0.05) is 11.6 Å². The van der Waals surface area contributed by atoms with Crippen LogP contribution in [0.5, 0.6) is 5.75 Å². The molecule has 0 aliphatic carbocycles. The van der Waals surface area contributed by atoms with Crippen molar-refractivity contribution < 1.29 is 18.3 Å². The second kappa shape index (κ2) is 10.2. The van der Waals surface area contributed by atoms with Crippen LogP contribution in [0, 0.1) is 5.92 Å². The molecule has 28 heavy (non-hydrogen) atoms. The highest BCUT2D eigenvalue weighted by atomic mass is 35.5. The van der Waals surface area contributed by atoms with Crippen molar-refractivity contribution in [3.63, 3.8) is 0 Å². The summed E-state index contributed by atoms with van der Waals surface area (Å²) in [6.07, 6.45) is 1.11. The van der Waals surface area contributed by atoms with E-state index in [0.717, 1.165) is 58.3 Å². The molecular formula is C19H27ClF2N4O2. The van der Waals surface area contributed by atoms with Crippen LogP contribution in [0.2, 0.25) is 5.02 Å². The smallest absolute Gasteiger partial charge is 0.387 e. The Morgan fingerprint density at radius 3 is 2.86 bits per heavy atom. The summed E-state index contributed by atoms with van der Waals surface area (Å²) >= 11 is 6.02. The number of hydrogen-bond acceptors (Lipinski definition) is 4. The van der Waals surface area contributed by atoms with Crippen LogP contribution >= 0.6 is 11.6 Å². The van der Waals surface area contributed by atoms with E-state index in [4.69, 9.17) is 16.3 Å². The first-order chi connectivity index (χ1) is 13.5. The lowest BCUT2D eigenvalue weighted by atomic mass is 10.1. The van der Waals surface area contributed by atoms with Gasteiger partial charge in [0.15, 0.2) is 5.96 Å². The highest BCUT2D eigenvalue weighted by Gasteiger charge is 2.27. The summed E-state index contributed by atoms with van der Waals surface area (Å²) in [6.45, 7) is 3.94. The van der Waals surface area contributed by atoms with Gasteiger partial charge in [-0.15, -0.1) is 0 Å². The number of alkyl halides is 2. The number of aliphatic imine (C=N–C) groups is 1. The fourth-order valence-corrected chi connectivity index (χ4v) is 3.92. The summed E-state index contributed by atoms with van der Waals surface area (Å²) in [6, 6.07) is 4.63. The molecule has 0 aromatic heterocycles. The topological polar surface area (TPSA) is 49.3 Å². The summed E-state index contributed by atoms with van der Waals surface area (Å²) in [5.41, 5.74) is 0.568. The van der Waals surface area contributed by atoms with Gasteiger partial charge in [-0.2, -0.15) is 8.78 Å². The number of nitrogens with one attached hydrogen (secondary N) is 1. The van der Waals surface area contributed by atoms with Crippen LogP contribution in [-0.2, 0) is 11.3 Å². The van der Waals surface area contributed by atoms with Crippen LogP contribution < -0.4 is 10.1 Å². The highest BCUT2D eigenvalue weighted by Crippen LogP contribution is 2.25. The van der Waals surface area contributed by atoms with E-state index in [0.29, 0.717) is 23.0 Å². The number of morpholine rings is 1. The summed E-state index contributed by atoms with van der Waals surface area (Å²) in [5, 5.41) is 3.72. The van der Waals surface area contributed by atoms with Gasteiger partial charge >= 0.3 is 6.61 Å². The Kier molecular flexibility index (Phi) is 7.70. The molecule has 1 atom stereocenters. The molecule has 0 spiro atoms. The molecule has 2 saturated heterocycles. The fourth-order valence-electron chi connectivity index (χ4n) is 3.73. The first-order valence-electron chi connectivity index (χ1n) is 9.54. The maximum atomic E-state index is 12.6. The van der Waals surface area contributed by atoms with Gasteiger partial charge in [0.25, 0.3) is 0 Å². The van der Waals surface area contributed by atoms with Gasteiger partial charge in [0.2, 0.25) is 0 Å². The minimum atomic E-state index is -2.88. The Labute approximate surface area is 169 Å². The van der Waals surface area contributed by atoms with E-state index in [9.17, 15) is 8.78 Å². The van der Waals surface area contributed by atoms with E-state index >= 15 is 0 Å². The number of hydrogen-bond donors (Lipinski definition) is 1. The molecule has 0 radical (unpaired) electrons. The van der Waals surface area contributed by atoms with Crippen molar-refractivity contribution in [2.24, 2.45) is 10.9 Å². The first kappa shape index (κ1) is 21.1. The van der Waals surface area contributed by atoms with Crippen molar-refractivity contribution in [3.05, 3.63) is 28.8 Å². The molecule has 6 nitrogen and oxygen atoms in total. The van der Waals surface area contributed by atoms with Gasteiger partial charge in [-0.25, -0.2) is 0 Å². The van der Waals surface area contributed by atoms with Crippen LogP contribution in [0.25, 0.3) is 0 Å². The maximum Gasteiger partial charge on any atom is 0.387 e. The molecule has 1 unspecified atom stereocenters. The Hall–Kier alpha value is -1.64. The summed E-state index contributed by atoms with van der Waals surface area (Å²) in [4.78, 5) is 9.02. The number of nitrogens with zero attached hydrogens (tertiary/aromatic N) is 3. The number of likely N-dealkylation sites (tertiary alicyclic amines) is 1. The van der Waals surface area contributed by atoms with E-state index in [-0.39, 0.29) is 5.75 Å². The maximum absolute atomic E-state index is 12.6. The lowest BCUT2D eigenvalue weighted by Crippen LogP contribution is -2.42. The van der Waals surface area contributed by atoms with Crippen LogP contribution in [-0.4, -0.2) is 75.4 Å². The molecule has 0 bridgehead atoms. The Morgan fingerprint density at radius 2 is 2.14 bits per heavy atom. The monoisotopic (exact) mass is 416 g/mol. The van der Waals surface area contributed by atoms with Gasteiger partial charge < -0.3 is 19.7 Å². The highest BCUT2D eigenvalue weighted by molar-refractivity contribution is 6.30. The molecule has 1 aromatic carbocycles. The number of halogens is 3. The largest absolute Gasteiger partial charge is 0.434 e. The first-order valence-corrected chi connectivity index (χ1v) is 9.92. The van der Waals surface area contributed by atoms with E-state index in [1.54, 1.807) is 13.1 Å². The zero-order valence-corrected chi connectivity index (χ0v) is 16.8.